The zero-order valence-corrected chi connectivity index (χ0v) is 10.8. The molecule has 2 aromatic carbocycles. The number of ketones is 1. The Bertz CT molecular complexity index is 578. The Morgan fingerprint density at radius 2 is 1.88 bits per heavy atom. The fourth-order valence-corrected chi connectivity index (χ4v) is 2.00. The highest BCUT2D eigenvalue weighted by molar-refractivity contribution is 9.10. The summed E-state index contributed by atoms with van der Waals surface area (Å²) in [7, 11) is 0. The minimum atomic E-state index is -0.312. The van der Waals surface area contributed by atoms with Crippen LogP contribution in [0.1, 0.15) is 17.3 Å². The molecule has 1 nitrogen and oxygen atoms in total. The van der Waals surface area contributed by atoms with E-state index in [1.165, 1.54) is 6.92 Å². The molecule has 86 valence electrons. The number of carbonyl (C=O) groups is 1. The van der Waals surface area contributed by atoms with E-state index in [0.29, 0.717) is 21.2 Å². The van der Waals surface area contributed by atoms with Crippen molar-refractivity contribution in [1.82, 2.24) is 0 Å². The highest BCUT2D eigenvalue weighted by Crippen LogP contribution is 2.28. The third kappa shape index (κ3) is 2.44. The van der Waals surface area contributed by atoms with Crippen molar-refractivity contribution in [1.29, 1.82) is 0 Å². The molecule has 2 rings (SSSR count). The molecule has 3 heteroatoms. The Morgan fingerprint density at radius 3 is 2.59 bits per heavy atom. The maximum atomic E-state index is 13.9. The molecule has 0 radical (unpaired) electrons. The fraction of sp³-hybridized carbons (Fsp3) is 0.0714. The lowest BCUT2D eigenvalue weighted by molar-refractivity contribution is 0.101. The lowest BCUT2D eigenvalue weighted by Crippen LogP contribution is -1.93. The van der Waals surface area contributed by atoms with E-state index >= 15 is 0 Å². The van der Waals surface area contributed by atoms with Crippen LogP contribution in [0.3, 0.4) is 0 Å². The molecule has 0 unspecified atom stereocenters. The van der Waals surface area contributed by atoms with Crippen LogP contribution in [0.25, 0.3) is 11.1 Å². The van der Waals surface area contributed by atoms with Crippen LogP contribution in [0.2, 0.25) is 0 Å². The van der Waals surface area contributed by atoms with Gasteiger partial charge in [-0.25, -0.2) is 4.39 Å². The Labute approximate surface area is 107 Å². The van der Waals surface area contributed by atoms with Crippen molar-refractivity contribution in [3.05, 3.63) is 58.3 Å². The van der Waals surface area contributed by atoms with Gasteiger partial charge >= 0.3 is 0 Å². The Kier molecular flexibility index (Phi) is 3.38. The highest BCUT2D eigenvalue weighted by Gasteiger charge is 2.09. The van der Waals surface area contributed by atoms with Crippen molar-refractivity contribution in [2.75, 3.05) is 0 Å². The van der Waals surface area contributed by atoms with Crippen LogP contribution in [0, 0.1) is 5.82 Å². The van der Waals surface area contributed by atoms with Crippen LogP contribution < -0.4 is 0 Å². The molecule has 0 heterocycles. The minimum Gasteiger partial charge on any atom is -0.295 e. The summed E-state index contributed by atoms with van der Waals surface area (Å²) in [6.45, 7) is 1.50. The van der Waals surface area contributed by atoms with Crippen LogP contribution in [-0.4, -0.2) is 5.78 Å². The average Bonchev–Trinajstić information content (AvgIpc) is 2.33. The molecule has 0 aliphatic heterocycles. The first-order chi connectivity index (χ1) is 8.09. The maximum Gasteiger partial charge on any atom is 0.159 e. The second-order valence-electron chi connectivity index (χ2n) is 3.74. The smallest absolute Gasteiger partial charge is 0.159 e. The molecule has 0 aromatic heterocycles. The van der Waals surface area contributed by atoms with Crippen molar-refractivity contribution in [2.24, 2.45) is 0 Å². The van der Waals surface area contributed by atoms with Crippen LogP contribution in [0.4, 0.5) is 4.39 Å². The van der Waals surface area contributed by atoms with Gasteiger partial charge in [0, 0.05) is 11.1 Å². The molecule has 0 spiro atoms. The summed E-state index contributed by atoms with van der Waals surface area (Å²) in [5.41, 5.74) is 1.78. The van der Waals surface area contributed by atoms with Gasteiger partial charge in [-0.1, -0.05) is 30.3 Å². The maximum absolute atomic E-state index is 13.9. The zero-order chi connectivity index (χ0) is 12.4. The van der Waals surface area contributed by atoms with Gasteiger partial charge < -0.3 is 0 Å². The molecule has 0 aliphatic carbocycles. The van der Waals surface area contributed by atoms with Gasteiger partial charge in [0.1, 0.15) is 5.82 Å². The normalized spacial score (nSPS) is 10.3. The summed E-state index contributed by atoms with van der Waals surface area (Å²) < 4.78 is 14.3. The van der Waals surface area contributed by atoms with Gasteiger partial charge in [-0.3, -0.25) is 4.79 Å². The van der Waals surface area contributed by atoms with Crippen LogP contribution in [0.15, 0.2) is 46.9 Å². The largest absolute Gasteiger partial charge is 0.295 e. The number of rotatable bonds is 2. The van der Waals surface area contributed by atoms with E-state index in [-0.39, 0.29) is 11.6 Å². The van der Waals surface area contributed by atoms with Crippen molar-refractivity contribution in [2.45, 2.75) is 6.92 Å². The van der Waals surface area contributed by atoms with E-state index < -0.39 is 0 Å². The number of Topliss-reactive ketones (excluding diaryl/α,β-unsaturated/α-hetero) is 1. The quantitative estimate of drug-likeness (QED) is 0.747. The molecule has 0 atom stereocenters. The third-order valence-corrected chi connectivity index (χ3v) is 3.14. The van der Waals surface area contributed by atoms with Gasteiger partial charge in [-0.05, 0) is 40.5 Å². The highest BCUT2D eigenvalue weighted by atomic mass is 79.9. The SMILES string of the molecule is CC(=O)c1cccc(-c2cccc(Br)c2F)c1. The van der Waals surface area contributed by atoms with E-state index in [4.69, 9.17) is 0 Å². The summed E-state index contributed by atoms with van der Waals surface area (Å²) in [5.74, 6) is -0.338. The Hall–Kier alpha value is -1.48. The number of benzene rings is 2. The first-order valence-electron chi connectivity index (χ1n) is 5.15. The van der Waals surface area contributed by atoms with E-state index in [1.807, 2.05) is 0 Å². The second kappa shape index (κ2) is 4.80. The summed E-state index contributed by atoms with van der Waals surface area (Å²) >= 11 is 3.15. The number of hydrogen-bond donors (Lipinski definition) is 0. The molecule has 0 N–H and O–H groups in total. The number of carbonyl (C=O) groups excluding carboxylic acids is 1. The fourth-order valence-electron chi connectivity index (χ4n) is 1.63. The summed E-state index contributed by atoms with van der Waals surface area (Å²) in [5, 5.41) is 0. The van der Waals surface area contributed by atoms with E-state index in [0.717, 1.165) is 0 Å². The van der Waals surface area contributed by atoms with Gasteiger partial charge in [0.15, 0.2) is 5.78 Å². The third-order valence-electron chi connectivity index (χ3n) is 2.53. The lowest BCUT2D eigenvalue weighted by Gasteiger charge is -2.06. The molecular weight excluding hydrogens is 283 g/mol. The molecule has 0 fully saturated rings. The minimum absolute atomic E-state index is 0.0257. The van der Waals surface area contributed by atoms with Crippen LogP contribution >= 0.6 is 15.9 Å². The predicted octanol–water partition coefficient (Wildman–Crippen LogP) is 4.46. The van der Waals surface area contributed by atoms with Crippen molar-refractivity contribution >= 4 is 21.7 Å². The monoisotopic (exact) mass is 292 g/mol. The van der Waals surface area contributed by atoms with Gasteiger partial charge in [0.05, 0.1) is 4.47 Å². The summed E-state index contributed by atoms with van der Waals surface area (Å²) in [6.07, 6.45) is 0. The average molecular weight is 293 g/mol. The number of halogens is 2. The standard InChI is InChI=1S/C14H10BrFO/c1-9(17)10-4-2-5-11(8-10)12-6-3-7-13(15)14(12)16/h2-8H,1H3. The second-order valence-corrected chi connectivity index (χ2v) is 4.59. The lowest BCUT2D eigenvalue weighted by atomic mass is 10.0. The predicted molar refractivity (Wildman–Crippen MR) is 69.5 cm³/mol. The van der Waals surface area contributed by atoms with Gasteiger partial charge in [0.25, 0.3) is 0 Å². The van der Waals surface area contributed by atoms with E-state index in [1.54, 1.807) is 42.5 Å². The molecule has 17 heavy (non-hydrogen) atoms. The van der Waals surface area contributed by atoms with Crippen LogP contribution in [0.5, 0.6) is 0 Å². The summed E-state index contributed by atoms with van der Waals surface area (Å²) in [6, 6.07) is 12.1. The van der Waals surface area contributed by atoms with Gasteiger partial charge in [0.2, 0.25) is 0 Å². The number of hydrogen-bond acceptors (Lipinski definition) is 1. The van der Waals surface area contributed by atoms with E-state index in [9.17, 15) is 9.18 Å². The van der Waals surface area contributed by atoms with Crippen molar-refractivity contribution in [3.63, 3.8) is 0 Å². The Morgan fingerprint density at radius 1 is 1.18 bits per heavy atom. The molecule has 0 saturated carbocycles. The van der Waals surface area contributed by atoms with Crippen molar-refractivity contribution in [3.8, 4) is 11.1 Å². The first-order valence-corrected chi connectivity index (χ1v) is 5.94. The molecular formula is C14H10BrFO. The molecule has 0 saturated heterocycles. The van der Waals surface area contributed by atoms with E-state index in [2.05, 4.69) is 15.9 Å². The zero-order valence-electron chi connectivity index (χ0n) is 9.21. The molecule has 0 amide bonds. The topological polar surface area (TPSA) is 17.1 Å². The first kappa shape index (κ1) is 12.0. The van der Waals surface area contributed by atoms with Crippen LogP contribution in [-0.2, 0) is 0 Å². The molecule has 0 bridgehead atoms. The summed E-state index contributed by atoms with van der Waals surface area (Å²) in [4.78, 5) is 11.3. The van der Waals surface area contributed by atoms with Gasteiger partial charge in [-0.2, -0.15) is 0 Å². The van der Waals surface area contributed by atoms with Gasteiger partial charge in [-0.15, -0.1) is 0 Å². The molecule has 2 aromatic rings. The van der Waals surface area contributed by atoms with Crippen molar-refractivity contribution < 1.29 is 9.18 Å². The molecule has 0 aliphatic rings. The Balaban J connectivity index is 2.57.